The minimum absolute atomic E-state index is 0.121. The summed E-state index contributed by atoms with van der Waals surface area (Å²) in [7, 11) is 0. The van der Waals surface area contributed by atoms with E-state index in [4.69, 9.17) is 0 Å². The van der Waals surface area contributed by atoms with Gasteiger partial charge in [-0.1, -0.05) is 56.0 Å². The molecule has 3 rings (SSSR count). The Morgan fingerprint density at radius 2 is 1.71 bits per heavy atom. The van der Waals surface area contributed by atoms with Crippen LogP contribution in [0.5, 0.6) is 0 Å². The molecule has 2 aromatic rings. The number of aryl methyl sites for hydroxylation is 1. The van der Waals surface area contributed by atoms with Gasteiger partial charge in [0.1, 0.15) is 0 Å². The van der Waals surface area contributed by atoms with Crippen LogP contribution in [0.4, 0.5) is 5.69 Å². The molecule has 2 aromatic carbocycles. The Morgan fingerprint density at radius 3 is 2.36 bits per heavy atom. The minimum atomic E-state index is -0.438. The van der Waals surface area contributed by atoms with Crippen LogP contribution in [0.2, 0.25) is 0 Å². The van der Waals surface area contributed by atoms with Crippen molar-refractivity contribution >= 4 is 17.5 Å². The molecule has 0 atom stereocenters. The van der Waals surface area contributed by atoms with Crippen LogP contribution in [0.1, 0.15) is 66.9 Å². The van der Waals surface area contributed by atoms with E-state index < -0.39 is 5.41 Å². The fourth-order valence-electron chi connectivity index (χ4n) is 4.07. The summed E-state index contributed by atoms with van der Waals surface area (Å²) in [6.45, 7) is 4.75. The van der Waals surface area contributed by atoms with Crippen molar-refractivity contribution in [3.05, 3.63) is 65.2 Å². The molecule has 0 saturated heterocycles. The van der Waals surface area contributed by atoms with Crippen molar-refractivity contribution in [2.45, 2.75) is 57.8 Å². The summed E-state index contributed by atoms with van der Waals surface area (Å²) in [4.78, 5) is 25.4. The van der Waals surface area contributed by atoms with Crippen molar-refractivity contribution in [3.63, 3.8) is 0 Å². The Balaban J connectivity index is 1.77. The number of nitrogens with one attached hydrogen (secondary N) is 2. The molecule has 1 fully saturated rings. The SMILES string of the molecule is CCCNC(=O)C1(c2ccc(NC(=O)c3cccc(C)c3)cc2)CCCCC1. The second-order valence-corrected chi connectivity index (χ2v) is 7.80. The van der Waals surface area contributed by atoms with Crippen LogP contribution in [0.3, 0.4) is 0 Å². The highest BCUT2D eigenvalue weighted by Crippen LogP contribution is 2.40. The highest BCUT2D eigenvalue weighted by Gasteiger charge is 2.40. The molecule has 1 saturated carbocycles. The number of amides is 2. The van der Waals surface area contributed by atoms with Crippen LogP contribution in [0.15, 0.2) is 48.5 Å². The first-order valence-corrected chi connectivity index (χ1v) is 10.3. The predicted octanol–water partition coefficient (Wildman–Crippen LogP) is 4.98. The molecule has 2 N–H and O–H groups in total. The van der Waals surface area contributed by atoms with Gasteiger partial charge in [0.15, 0.2) is 0 Å². The first-order valence-electron chi connectivity index (χ1n) is 10.3. The molecular weight excluding hydrogens is 348 g/mol. The maximum Gasteiger partial charge on any atom is 0.255 e. The van der Waals surface area contributed by atoms with Crippen molar-refractivity contribution in [2.75, 3.05) is 11.9 Å². The number of benzene rings is 2. The lowest BCUT2D eigenvalue weighted by molar-refractivity contribution is -0.128. The second-order valence-electron chi connectivity index (χ2n) is 7.80. The van der Waals surface area contributed by atoms with Crippen molar-refractivity contribution < 1.29 is 9.59 Å². The standard InChI is InChI=1S/C24H30N2O2/c1-3-16-25-23(28)24(14-5-4-6-15-24)20-10-12-21(13-11-20)26-22(27)19-9-7-8-18(2)17-19/h7-13,17H,3-6,14-16H2,1-2H3,(H,25,28)(H,26,27). The summed E-state index contributed by atoms with van der Waals surface area (Å²) in [5.74, 6) is 0.0233. The molecule has 2 amide bonds. The second kappa shape index (κ2) is 9.05. The zero-order chi connectivity index (χ0) is 20.0. The Morgan fingerprint density at radius 1 is 1.00 bits per heavy atom. The number of carbonyl (C=O) groups is 2. The van der Waals surface area contributed by atoms with E-state index in [0.29, 0.717) is 12.1 Å². The Kier molecular flexibility index (Phi) is 6.50. The molecule has 0 unspecified atom stereocenters. The van der Waals surface area contributed by atoms with Gasteiger partial charge in [-0.2, -0.15) is 0 Å². The van der Waals surface area contributed by atoms with Crippen molar-refractivity contribution in [2.24, 2.45) is 0 Å². The number of hydrogen-bond acceptors (Lipinski definition) is 2. The van der Waals surface area contributed by atoms with Crippen LogP contribution in [0.25, 0.3) is 0 Å². The molecule has 0 bridgehead atoms. The highest BCUT2D eigenvalue weighted by molar-refractivity contribution is 6.04. The fraction of sp³-hybridized carbons (Fsp3) is 0.417. The van der Waals surface area contributed by atoms with Crippen LogP contribution in [-0.4, -0.2) is 18.4 Å². The zero-order valence-electron chi connectivity index (χ0n) is 16.9. The molecule has 0 radical (unpaired) electrons. The lowest BCUT2D eigenvalue weighted by Gasteiger charge is -2.36. The molecule has 148 valence electrons. The van der Waals surface area contributed by atoms with Gasteiger partial charge >= 0.3 is 0 Å². The van der Waals surface area contributed by atoms with E-state index in [-0.39, 0.29) is 11.8 Å². The summed E-state index contributed by atoms with van der Waals surface area (Å²) >= 11 is 0. The van der Waals surface area contributed by atoms with Gasteiger partial charge < -0.3 is 10.6 Å². The van der Waals surface area contributed by atoms with E-state index in [0.717, 1.165) is 48.9 Å². The van der Waals surface area contributed by atoms with Gasteiger partial charge in [0.05, 0.1) is 5.41 Å². The third kappa shape index (κ3) is 4.44. The average molecular weight is 379 g/mol. The van der Waals surface area contributed by atoms with Crippen LogP contribution < -0.4 is 10.6 Å². The Hall–Kier alpha value is -2.62. The van der Waals surface area contributed by atoms with Crippen LogP contribution in [0, 0.1) is 6.92 Å². The van der Waals surface area contributed by atoms with Gasteiger partial charge in [-0.05, 0) is 56.0 Å². The molecule has 0 heterocycles. The molecule has 0 aromatic heterocycles. The quantitative estimate of drug-likeness (QED) is 0.745. The molecule has 0 spiro atoms. The van der Waals surface area contributed by atoms with Gasteiger partial charge in [0, 0.05) is 17.8 Å². The largest absolute Gasteiger partial charge is 0.355 e. The lowest BCUT2D eigenvalue weighted by Crippen LogP contribution is -2.46. The van der Waals surface area contributed by atoms with Crippen molar-refractivity contribution in [1.82, 2.24) is 5.32 Å². The van der Waals surface area contributed by atoms with Crippen LogP contribution >= 0.6 is 0 Å². The first kappa shape index (κ1) is 20.1. The van der Waals surface area contributed by atoms with Gasteiger partial charge in [-0.3, -0.25) is 9.59 Å². The third-order valence-corrected chi connectivity index (χ3v) is 5.65. The monoisotopic (exact) mass is 378 g/mol. The highest BCUT2D eigenvalue weighted by atomic mass is 16.2. The smallest absolute Gasteiger partial charge is 0.255 e. The third-order valence-electron chi connectivity index (χ3n) is 5.65. The lowest BCUT2D eigenvalue weighted by atomic mass is 9.68. The minimum Gasteiger partial charge on any atom is -0.355 e. The summed E-state index contributed by atoms with van der Waals surface area (Å²) in [6.07, 6.45) is 6.05. The van der Waals surface area contributed by atoms with E-state index in [9.17, 15) is 9.59 Å². The number of anilines is 1. The topological polar surface area (TPSA) is 58.2 Å². The zero-order valence-corrected chi connectivity index (χ0v) is 16.9. The van der Waals surface area contributed by atoms with Gasteiger partial charge in [-0.15, -0.1) is 0 Å². The maximum absolute atomic E-state index is 13.0. The summed E-state index contributed by atoms with van der Waals surface area (Å²) in [5, 5.41) is 6.06. The van der Waals surface area contributed by atoms with E-state index >= 15 is 0 Å². The summed E-state index contributed by atoms with van der Waals surface area (Å²) in [6, 6.07) is 15.4. The van der Waals surface area contributed by atoms with Gasteiger partial charge in [-0.25, -0.2) is 0 Å². The van der Waals surface area contributed by atoms with E-state index in [1.807, 2.05) is 55.5 Å². The summed E-state index contributed by atoms with van der Waals surface area (Å²) < 4.78 is 0. The Bertz CT molecular complexity index is 821. The van der Waals surface area contributed by atoms with E-state index in [1.165, 1.54) is 6.42 Å². The molecule has 4 heteroatoms. The van der Waals surface area contributed by atoms with Gasteiger partial charge in [0.2, 0.25) is 5.91 Å². The number of carbonyl (C=O) groups excluding carboxylic acids is 2. The van der Waals surface area contributed by atoms with Gasteiger partial charge in [0.25, 0.3) is 5.91 Å². The van der Waals surface area contributed by atoms with Crippen LogP contribution in [-0.2, 0) is 10.2 Å². The molecule has 4 nitrogen and oxygen atoms in total. The molecular formula is C24H30N2O2. The molecule has 1 aliphatic carbocycles. The number of rotatable bonds is 6. The predicted molar refractivity (Wildman–Crippen MR) is 114 cm³/mol. The molecule has 1 aliphatic rings. The van der Waals surface area contributed by atoms with Crippen molar-refractivity contribution in [1.29, 1.82) is 0 Å². The molecule has 28 heavy (non-hydrogen) atoms. The van der Waals surface area contributed by atoms with E-state index in [2.05, 4.69) is 17.6 Å². The maximum atomic E-state index is 13.0. The van der Waals surface area contributed by atoms with Crippen molar-refractivity contribution in [3.8, 4) is 0 Å². The fourth-order valence-corrected chi connectivity index (χ4v) is 4.07. The van der Waals surface area contributed by atoms with E-state index in [1.54, 1.807) is 0 Å². The Labute approximate surface area is 167 Å². The first-order chi connectivity index (χ1) is 13.5. The normalized spacial score (nSPS) is 15.6. The number of hydrogen-bond donors (Lipinski definition) is 2. The summed E-state index contributed by atoms with van der Waals surface area (Å²) in [5.41, 5.74) is 3.06. The molecule has 0 aliphatic heterocycles. The average Bonchev–Trinajstić information content (AvgIpc) is 2.73.